The van der Waals surface area contributed by atoms with Crippen molar-refractivity contribution in [1.82, 2.24) is 0 Å². The van der Waals surface area contributed by atoms with Gasteiger partial charge in [-0.1, -0.05) is 45.0 Å². The van der Waals surface area contributed by atoms with Crippen molar-refractivity contribution in [1.29, 1.82) is 0 Å². The highest BCUT2D eigenvalue weighted by molar-refractivity contribution is 7.89. The van der Waals surface area contributed by atoms with Gasteiger partial charge >= 0.3 is 0 Å². The van der Waals surface area contributed by atoms with E-state index in [0.717, 1.165) is 16.7 Å². The summed E-state index contributed by atoms with van der Waals surface area (Å²) in [6.07, 6.45) is 0. The standard InChI is InChI=1S/C20H25FO2S/c1-14-10-17(20(3,4)5)11-15(2)19(14)13-24(22,23)12-16-6-8-18(21)9-7-16/h6-11H,12-13H2,1-5H3. The maximum Gasteiger partial charge on any atom is 0.158 e. The van der Waals surface area contributed by atoms with Crippen LogP contribution in [0.5, 0.6) is 0 Å². The van der Waals surface area contributed by atoms with Crippen LogP contribution in [0.4, 0.5) is 4.39 Å². The summed E-state index contributed by atoms with van der Waals surface area (Å²) in [5.41, 5.74) is 4.71. The van der Waals surface area contributed by atoms with E-state index in [-0.39, 0.29) is 22.7 Å². The zero-order valence-corrected chi connectivity index (χ0v) is 15.8. The third-order valence-corrected chi connectivity index (χ3v) is 5.73. The van der Waals surface area contributed by atoms with Crippen LogP contribution in [0, 0.1) is 19.7 Å². The molecule has 2 aromatic carbocycles. The molecule has 0 heterocycles. The molecule has 0 spiro atoms. The second kappa shape index (κ2) is 6.67. The van der Waals surface area contributed by atoms with Gasteiger partial charge < -0.3 is 0 Å². The average molecular weight is 348 g/mol. The first kappa shape index (κ1) is 18.7. The van der Waals surface area contributed by atoms with E-state index in [9.17, 15) is 12.8 Å². The van der Waals surface area contributed by atoms with Gasteiger partial charge in [-0.3, -0.25) is 0 Å². The van der Waals surface area contributed by atoms with Crippen molar-refractivity contribution in [2.75, 3.05) is 0 Å². The predicted molar refractivity (Wildman–Crippen MR) is 97.3 cm³/mol. The Morgan fingerprint density at radius 1 is 0.917 bits per heavy atom. The van der Waals surface area contributed by atoms with E-state index in [4.69, 9.17) is 0 Å². The van der Waals surface area contributed by atoms with Gasteiger partial charge in [0, 0.05) is 0 Å². The number of rotatable bonds is 4. The molecule has 0 aliphatic heterocycles. The molecule has 4 heteroatoms. The smallest absolute Gasteiger partial charge is 0.158 e. The second-order valence-corrected chi connectivity index (χ2v) is 9.56. The quantitative estimate of drug-likeness (QED) is 0.791. The molecule has 0 aliphatic rings. The van der Waals surface area contributed by atoms with Crippen LogP contribution in [0.2, 0.25) is 0 Å². The van der Waals surface area contributed by atoms with Gasteiger partial charge in [0.2, 0.25) is 0 Å². The molecule has 0 radical (unpaired) electrons. The first-order valence-corrected chi connectivity index (χ1v) is 9.85. The molecule has 0 saturated carbocycles. The van der Waals surface area contributed by atoms with Crippen LogP contribution in [0.15, 0.2) is 36.4 Å². The minimum atomic E-state index is -3.32. The molecular weight excluding hydrogens is 323 g/mol. The Kier molecular flexibility index (Phi) is 5.19. The molecule has 2 nitrogen and oxygen atoms in total. The minimum absolute atomic E-state index is 0.00641. The van der Waals surface area contributed by atoms with Crippen molar-refractivity contribution in [2.24, 2.45) is 0 Å². The van der Waals surface area contributed by atoms with Crippen LogP contribution in [-0.2, 0) is 26.8 Å². The van der Waals surface area contributed by atoms with Crippen molar-refractivity contribution >= 4 is 9.84 Å². The zero-order valence-electron chi connectivity index (χ0n) is 15.0. The number of hydrogen-bond donors (Lipinski definition) is 0. The van der Waals surface area contributed by atoms with E-state index in [2.05, 4.69) is 32.9 Å². The highest BCUT2D eigenvalue weighted by Gasteiger charge is 2.20. The summed E-state index contributed by atoms with van der Waals surface area (Å²) in [5, 5.41) is 0. The average Bonchev–Trinajstić information content (AvgIpc) is 2.44. The Hall–Kier alpha value is -1.68. The molecule has 0 fully saturated rings. The maximum absolute atomic E-state index is 13.0. The SMILES string of the molecule is Cc1cc(C(C)(C)C)cc(C)c1CS(=O)(=O)Cc1ccc(F)cc1. The minimum Gasteiger partial charge on any atom is -0.228 e. The van der Waals surface area contributed by atoms with E-state index in [1.165, 1.54) is 29.8 Å². The van der Waals surface area contributed by atoms with Gasteiger partial charge in [0.25, 0.3) is 0 Å². The molecule has 0 N–H and O–H groups in total. The van der Waals surface area contributed by atoms with Gasteiger partial charge in [-0.25, -0.2) is 12.8 Å². The highest BCUT2D eigenvalue weighted by atomic mass is 32.2. The molecule has 0 aromatic heterocycles. The maximum atomic E-state index is 13.0. The van der Waals surface area contributed by atoms with Gasteiger partial charge in [-0.15, -0.1) is 0 Å². The summed E-state index contributed by atoms with van der Waals surface area (Å²) in [6, 6.07) is 9.79. The Bertz CT molecular complexity index is 806. The monoisotopic (exact) mass is 348 g/mol. The van der Waals surface area contributed by atoms with Crippen LogP contribution in [0.25, 0.3) is 0 Å². The molecule has 2 rings (SSSR count). The molecule has 0 unspecified atom stereocenters. The largest absolute Gasteiger partial charge is 0.228 e. The third-order valence-electron chi connectivity index (χ3n) is 4.23. The lowest BCUT2D eigenvalue weighted by molar-refractivity contribution is 0.588. The van der Waals surface area contributed by atoms with Crippen molar-refractivity contribution in [3.05, 3.63) is 70.0 Å². The molecule has 2 aromatic rings. The van der Waals surface area contributed by atoms with Crippen molar-refractivity contribution in [3.63, 3.8) is 0 Å². The second-order valence-electron chi connectivity index (χ2n) is 7.50. The fraction of sp³-hybridized carbons (Fsp3) is 0.400. The van der Waals surface area contributed by atoms with Crippen LogP contribution in [0.3, 0.4) is 0 Å². The van der Waals surface area contributed by atoms with E-state index in [1.807, 2.05) is 13.8 Å². The Labute approximate surface area is 144 Å². The molecule has 24 heavy (non-hydrogen) atoms. The van der Waals surface area contributed by atoms with Crippen molar-refractivity contribution in [2.45, 2.75) is 51.5 Å². The van der Waals surface area contributed by atoms with Crippen LogP contribution in [0.1, 0.15) is 48.6 Å². The summed E-state index contributed by atoms with van der Waals surface area (Å²) < 4.78 is 38.1. The lowest BCUT2D eigenvalue weighted by atomic mass is 9.84. The van der Waals surface area contributed by atoms with Crippen LogP contribution in [-0.4, -0.2) is 8.42 Å². The summed E-state index contributed by atoms with van der Waals surface area (Å²) in [4.78, 5) is 0. The fourth-order valence-corrected chi connectivity index (χ4v) is 4.46. The zero-order chi connectivity index (χ0) is 18.1. The molecule has 0 atom stereocenters. The van der Waals surface area contributed by atoms with Crippen LogP contribution >= 0.6 is 0 Å². The molecule has 0 aliphatic carbocycles. The summed E-state index contributed by atoms with van der Waals surface area (Å²) in [7, 11) is -3.32. The predicted octanol–water partition coefficient (Wildman–Crippen LogP) is 4.86. The van der Waals surface area contributed by atoms with E-state index in [1.54, 1.807) is 0 Å². The summed E-state index contributed by atoms with van der Waals surface area (Å²) in [5.74, 6) is -0.430. The number of benzene rings is 2. The van der Waals surface area contributed by atoms with Crippen molar-refractivity contribution < 1.29 is 12.8 Å². The van der Waals surface area contributed by atoms with E-state index in [0.29, 0.717) is 5.56 Å². The Morgan fingerprint density at radius 3 is 1.88 bits per heavy atom. The van der Waals surface area contributed by atoms with Gasteiger partial charge in [0.05, 0.1) is 11.5 Å². The molecule has 0 bridgehead atoms. The molecule has 130 valence electrons. The lowest BCUT2D eigenvalue weighted by Gasteiger charge is -2.22. The number of hydrogen-bond acceptors (Lipinski definition) is 2. The van der Waals surface area contributed by atoms with Gasteiger partial charge in [0.1, 0.15) is 5.82 Å². The first-order valence-electron chi connectivity index (χ1n) is 8.03. The summed E-state index contributed by atoms with van der Waals surface area (Å²) >= 11 is 0. The molecule has 0 amide bonds. The van der Waals surface area contributed by atoms with Crippen LogP contribution < -0.4 is 0 Å². The fourth-order valence-electron chi connectivity index (χ4n) is 2.76. The van der Waals surface area contributed by atoms with Gasteiger partial charge in [0.15, 0.2) is 9.84 Å². The highest BCUT2D eigenvalue weighted by Crippen LogP contribution is 2.28. The van der Waals surface area contributed by atoms with E-state index >= 15 is 0 Å². The first-order chi connectivity index (χ1) is 11.0. The van der Waals surface area contributed by atoms with Gasteiger partial charge in [-0.2, -0.15) is 0 Å². The van der Waals surface area contributed by atoms with Crippen molar-refractivity contribution in [3.8, 4) is 0 Å². The Balaban J connectivity index is 2.28. The van der Waals surface area contributed by atoms with E-state index < -0.39 is 9.84 Å². The Morgan fingerprint density at radius 2 is 1.42 bits per heavy atom. The number of halogens is 1. The number of sulfone groups is 1. The topological polar surface area (TPSA) is 34.1 Å². The molecular formula is C20H25FO2S. The lowest BCUT2D eigenvalue weighted by Crippen LogP contribution is -2.14. The summed E-state index contributed by atoms with van der Waals surface area (Å²) in [6.45, 7) is 10.4. The third kappa shape index (κ3) is 4.67. The molecule has 0 saturated heterocycles. The number of aryl methyl sites for hydroxylation is 2. The van der Waals surface area contributed by atoms with Gasteiger partial charge in [-0.05, 0) is 59.2 Å². The normalized spacial score (nSPS) is 12.4.